The van der Waals surface area contributed by atoms with Gasteiger partial charge in [0.05, 0.1) is 6.54 Å². The van der Waals surface area contributed by atoms with E-state index in [1.54, 1.807) is 0 Å². The van der Waals surface area contributed by atoms with E-state index in [0.717, 1.165) is 19.4 Å². The van der Waals surface area contributed by atoms with E-state index >= 15 is 0 Å². The lowest BCUT2D eigenvalue weighted by molar-refractivity contribution is -0.139. The van der Waals surface area contributed by atoms with Gasteiger partial charge in [-0.1, -0.05) is 0 Å². The predicted octanol–water partition coefficient (Wildman–Crippen LogP) is -3.82. The summed E-state index contributed by atoms with van der Waals surface area (Å²) >= 11 is 0. The van der Waals surface area contributed by atoms with Gasteiger partial charge in [0.15, 0.2) is 0 Å². The first-order valence-electron chi connectivity index (χ1n) is 9.57. The smallest absolute Gasteiger partial charge is 0.320 e. The van der Waals surface area contributed by atoms with Gasteiger partial charge in [0, 0.05) is 12.8 Å². The number of carbonyl (C=O) groups is 6. The topological polar surface area (TPSA) is 325 Å². The van der Waals surface area contributed by atoms with Crippen molar-refractivity contribution in [1.82, 2.24) is 5.32 Å². The number of hydrogen-bond donors (Lipinski definition) is 10. The molecule has 1 saturated heterocycles. The van der Waals surface area contributed by atoms with Gasteiger partial charge in [0.25, 0.3) is 0 Å². The zero-order valence-electron chi connectivity index (χ0n) is 18.0. The van der Waals surface area contributed by atoms with E-state index in [-0.39, 0.29) is 38.3 Å². The summed E-state index contributed by atoms with van der Waals surface area (Å²) in [5.41, 5.74) is 24.2. The van der Waals surface area contributed by atoms with E-state index in [1.165, 1.54) is 0 Å². The lowest BCUT2D eigenvalue weighted by Gasteiger charge is -2.01. The molecule has 0 aromatic carbocycles. The van der Waals surface area contributed by atoms with E-state index in [9.17, 15) is 28.8 Å². The van der Waals surface area contributed by atoms with Crippen molar-refractivity contribution in [2.75, 3.05) is 13.1 Å². The molecular formula is C17H34N6O10. The van der Waals surface area contributed by atoms with Gasteiger partial charge in [-0.2, -0.15) is 0 Å². The molecule has 2 amide bonds. The van der Waals surface area contributed by atoms with Crippen molar-refractivity contribution in [3.63, 3.8) is 0 Å². The standard InChI is InChI=1S/2C5H10N2O3.C5H9NO2.C2H5NO2/c2*6-3(5(9)10)1-2-4(7)8;7-5(8)4-2-1-3-6-4;3-1-2(4)5/h2*3H,1-2,6H2,(H2,7,8)(H,9,10);4,6H,1-3H2,(H,7,8);1,3H2,(H,4,5)/t2*3-;4-;/m000./s1. The van der Waals surface area contributed by atoms with Crippen LogP contribution < -0.4 is 34.0 Å². The summed E-state index contributed by atoms with van der Waals surface area (Å²) in [4.78, 5) is 59.7. The fourth-order valence-electron chi connectivity index (χ4n) is 1.74. The summed E-state index contributed by atoms with van der Waals surface area (Å²) in [6.07, 6.45) is 2.03. The van der Waals surface area contributed by atoms with Gasteiger partial charge in [-0.15, -0.1) is 0 Å². The Hall–Kier alpha value is -3.34. The monoisotopic (exact) mass is 482 g/mol. The fourth-order valence-corrected chi connectivity index (χ4v) is 1.74. The highest BCUT2D eigenvalue weighted by Crippen LogP contribution is 2.03. The molecule has 0 aromatic heterocycles. The van der Waals surface area contributed by atoms with E-state index in [2.05, 4.69) is 11.1 Å². The summed E-state index contributed by atoms with van der Waals surface area (Å²) in [5, 5.41) is 35.2. The molecular weight excluding hydrogens is 448 g/mol. The Bertz CT molecular complexity index is 606. The van der Waals surface area contributed by atoms with Gasteiger partial charge < -0.3 is 54.4 Å². The molecule has 1 aliphatic rings. The molecule has 0 bridgehead atoms. The van der Waals surface area contributed by atoms with Crippen molar-refractivity contribution in [3.8, 4) is 0 Å². The number of hydrogen-bond acceptors (Lipinski definition) is 10. The predicted molar refractivity (Wildman–Crippen MR) is 113 cm³/mol. The van der Waals surface area contributed by atoms with Gasteiger partial charge in [-0.05, 0) is 32.2 Å². The number of primary amides is 2. The third kappa shape index (κ3) is 26.6. The lowest BCUT2D eigenvalue weighted by atomic mass is 10.2. The van der Waals surface area contributed by atoms with Gasteiger partial charge in [0.2, 0.25) is 11.8 Å². The number of carboxylic acids is 4. The van der Waals surface area contributed by atoms with Crippen molar-refractivity contribution in [1.29, 1.82) is 0 Å². The van der Waals surface area contributed by atoms with Crippen LogP contribution >= 0.6 is 0 Å². The molecule has 16 nitrogen and oxygen atoms in total. The van der Waals surface area contributed by atoms with Crippen LogP contribution in [0, 0.1) is 0 Å². The number of amides is 2. The molecule has 1 aliphatic heterocycles. The number of nitrogens with one attached hydrogen (secondary N) is 1. The summed E-state index contributed by atoms with van der Waals surface area (Å²) < 4.78 is 0. The Morgan fingerprint density at radius 1 is 0.818 bits per heavy atom. The molecule has 33 heavy (non-hydrogen) atoms. The van der Waals surface area contributed by atoms with Crippen molar-refractivity contribution < 1.29 is 49.2 Å². The number of carboxylic acid groups (broad SMARTS) is 4. The minimum absolute atomic E-state index is 0.0213. The molecule has 1 fully saturated rings. The van der Waals surface area contributed by atoms with Crippen LogP contribution in [0.1, 0.15) is 38.5 Å². The van der Waals surface area contributed by atoms with Crippen molar-refractivity contribution in [2.24, 2.45) is 28.7 Å². The zero-order valence-corrected chi connectivity index (χ0v) is 18.0. The Balaban J connectivity index is -0.000000374. The highest BCUT2D eigenvalue weighted by molar-refractivity contribution is 5.77. The first-order valence-corrected chi connectivity index (χ1v) is 9.57. The second kappa shape index (κ2) is 20.6. The highest BCUT2D eigenvalue weighted by atomic mass is 16.4. The average Bonchev–Trinajstić information content (AvgIpc) is 3.26. The number of nitrogens with two attached hydrogens (primary N) is 5. The number of rotatable bonds is 10. The lowest BCUT2D eigenvalue weighted by Crippen LogP contribution is -2.31. The van der Waals surface area contributed by atoms with Gasteiger partial charge in [-0.3, -0.25) is 28.8 Å². The van der Waals surface area contributed by atoms with Crippen LogP contribution in [0.25, 0.3) is 0 Å². The van der Waals surface area contributed by atoms with Crippen LogP contribution in [0.15, 0.2) is 0 Å². The van der Waals surface area contributed by atoms with Crippen LogP contribution in [0.4, 0.5) is 0 Å². The van der Waals surface area contributed by atoms with E-state index in [4.69, 9.17) is 43.4 Å². The Labute approximate surface area is 189 Å². The van der Waals surface area contributed by atoms with E-state index in [0.29, 0.717) is 0 Å². The maximum absolute atomic E-state index is 10.1. The number of aliphatic carboxylic acids is 4. The van der Waals surface area contributed by atoms with Gasteiger partial charge in [0.1, 0.15) is 18.1 Å². The molecule has 3 atom stereocenters. The van der Waals surface area contributed by atoms with Crippen molar-refractivity contribution >= 4 is 35.7 Å². The maximum atomic E-state index is 10.1. The van der Waals surface area contributed by atoms with Crippen LogP contribution in [-0.2, 0) is 28.8 Å². The minimum atomic E-state index is -1.11. The quantitative estimate of drug-likeness (QED) is 0.143. The normalized spacial score (nSPS) is 15.5. The van der Waals surface area contributed by atoms with Crippen molar-refractivity contribution in [3.05, 3.63) is 0 Å². The van der Waals surface area contributed by atoms with Crippen LogP contribution in [0.3, 0.4) is 0 Å². The summed E-state index contributed by atoms with van der Waals surface area (Å²) in [7, 11) is 0. The molecule has 0 unspecified atom stereocenters. The summed E-state index contributed by atoms with van der Waals surface area (Å²) in [6, 6.07) is -2.23. The van der Waals surface area contributed by atoms with Crippen LogP contribution in [-0.4, -0.2) is 87.3 Å². The molecule has 15 N–H and O–H groups in total. The summed E-state index contributed by atoms with van der Waals surface area (Å²) in [6.45, 7) is 0.580. The molecule has 0 radical (unpaired) electrons. The Kier molecular flexibility index (Phi) is 21.4. The van der Waals surface area contributed by atoms with E-state index < -0.39 is 47.8 Å². The van der Waals surface area contributed by atoms with Crippen LogP contribution in [0.2, 0.25) is 0 Å². The first kappa shape index (κ1) is 34.3. The van der Waals surface area contributed by atoms with Crippen molar-refractivity contribution in [2.45, 2.75) is 56.7 Å². The number of carbonyl (C=O) groups excluding carboxylic acids is 2. The molecule has 0 aliphatic carbocycles. The molecule has 1 heterocycles. The second-order valence-electron chi connectivity index (χ2n) is 6.48. The SMILES string of the molecule is NC(=O)CC[C@H](N)C(=O)O.NC(=O)CC[C@H](N)C(=O)O.NCC(=O)O.O=C(O)[C@@H]1CCCN1. The molecule has 192 valence electrons. The Morgan fingerprint density at radius 2 is 1.18 bits per heavy atom. The summed E-state index contributed by atoms with van der Waals surface area (Å²) in [5.74, 6) is -4.97. The molecule has 0 aromatic rings. The second-order valence-corrected chi connectivity index (χ2v) is 6.48. The molecule has 0 spiro atoms. The highest BCUT2D eigenvalue weighted by Gasteiger charge is 2.20. The van der Waals surface area contributed by atoms with E-state index in [1.807, 2.05) is 0 Å². The maximum Gasteiger partial charge on any atom is 0.320 e. The van der Waals surface area contributed by atoms with Gasteiger partial charge >= 0.3 is 23.9 Å². The first-order chi connectivity index (χ1) is 15.1. The Morgan fingerprint density at radius 3 is 1.33 bits per heavy atom. The molecule has 1 rings (SSSR count). The fraction of sp³-hybridized carbons (Fsp3) is 0.647. The third-order valence-electron chi connectivity index (χ3n) is 3.57. The minimum Gasteiger partial charge on any atom is -0.480 e. The van der Waals surface area contributed by atoms with Gasteiger partial charge in [-0.25, -0.2) is 0 Å². The molecule has 0 saturated carbocycles. The van der Waals surface area contributed by atoms with Crippen LogP contribution in [0.5, 0.6) is 0 Å². The average molecular weight is 482 g/mol. The molecule has 16 heteroatoms. The zero-order chi connectivity index (χ0) is 26.6. The third-order valence-corrected chi connectivity index (χ3v) is 3.57. The largest absolute Gasteiger partial charge is 0.480 e.